The predicted molar refractivity (Wildman–Crippen MR) is 147 cm³/mol. The van der Waals surface area contributed by atoms with Crippen LogP contribution in [0, 0.1) is 0 Å². The van der Waals surface area contributed by atoms with Crippen molar-refractivity contribution < 1.29 is 28.6 Å². The van der Waals surface area contributed by atoms with Gasteiger partial charge in [-0.05, 0) is 42.5 Å². The Bertz CT molecular complexity index is 1940. The smallest absolute Gasteiger partial charge is 0.308 e. The van der Waals surface area contributed by atoms with E-state index in [1.807, 2.05) is 42.6 Å². The van der Waals surface area contributed by atoms with Crippen LogP contribution in [0.15, 0.2) is 67.1 Å². The second-order valence-electron chi connectivity index (χ2n) is 9.11. The van der Waals surface area contributed by atoms with Crippen molar-refractivity contribution in [3.05, 3.63) is 67.1 Å². The van der Waals surface area contributed by atoms with Crippen molar-refractivity contribution in [3.8, 4) is 39.5 Å². The van der Waals surface area contributed by atoms with Crippen molar-refractivity contribution in [3.63, 3.8) is 0 Å². The molecular weight excluding hydrogens is 498 g/mol. The van der Waals surface area contributed by atoms with Crippen LogP contribution in [0.3, 0.4) is 0 Å². The molecule has 0 saturated heterocycles. The highest BCUT2D eigenvalue weighted by Crippen LogP contribution is 2.48. The van der Waals surface area contributed by atoms with Crippen molar-refractivity contribution >= 4 is 50.6 Å². The molecule has 0 atom stereocenters. The van der Waals surface area contributed by atoms with Gasteiger partial charge >= 0.3 is 17.9 Å². The van der Waals surface area contributed by atoms with Gasteiger partial charge in [-0.2, -0.15) is 0 Å². The normalized spacial score (nSPS) is 11.3. The molecule has 0 aliphatic carbocycles. The fourth-order valence-corrected chi connectivity index (χ4v) is 5.05. The van der Waals surface area contributed by atoms with Crippen molar-refractivity contribution in [1.29, 1.82) is 0 Å². The molecule has 6 rings (SSSR count). The van der Waals surface area contributed by atoms with Crippen LogP contribution in [0.25, 0.3) is 55.0 Å². The first-order chi connectivity index (χ1) is 18.8. The van der Waals surface area contributed by atoms with Crippen LogP contribution in [0.5, 0.6) is 17.2 Å². The monoisotopic (exact) mass is 521 g/mol. The first-order valence-electron chi connectivity index (χ1n) is 12.2. The molecule has 0 fully saturated rings. The van der Waals surface area contributed by atoms with Crippen molar-refractivity contribution in [2.45, 2.75) is 20.8 Å². The summed E-state index contributed by atoms with van der Waals surface area (Å²) in [5, 5.41) is 2.08. The van der Waals surface area contributed by atoms with E-state index in [-0.39, 0.29) is 0 Å². The molecular formula is C30H23N3O6. The lowest BCUT2D eigenvalue weighted by molar-refractivity contribution is -0.132. The summed E-state index contributed by atoms with van der Waals surface area (Å²) in [5.74, 6) is -0.328. The lowest BCUT2D eigenvalue weighted by Crippen LogP contribution is -2.06. The van der Waals surface area contributed by atoms with Gasteiger partial charge in [-0.1, -0.05) is 6.07 Å². The number of H-pyrrole nitrogens is 3. The van der Waals surface area contributed by atoms with E-state index in [4.69, 9.17) is 14.2 Å². The Kier molecular flexibility index (Phi) is 5.68. The van der Waals surface area contributed by atoms with E-state index >= 15 is 0 Å². The summed E-state index contributed by atoms with van der Waals surface area (Å²) in [4.78, 5) is 45.9. The molecule has 0 unspecified atom stereocenters. The van der Waals surface area contributed by atoms with Gasteiger partial charge in [0.15, 0.2) is 0 Å². The van der Waals surface area contributed by atoms with Crippen molar-refractivity contribution in [2.75, 3.05) is 0 Å². The molecule has 9 nitrogen and oxygen atoms in total. The Hall–Kier alpha value is -5.31. The number of carbonyl (C=O) groups excluding carboxylic acids is 3. The Labute approximate surface area is 221 Å². The van der Waals surface area contributed by atoms with E-state index in [9.17, 15) is 14.4 Å². The van der Waals surface area contributed by atoms with E-state index in [0.717, 1.165) is 27.5 Å². The lowest BCUT2D eigenvalue weighted by Gasteiger charge is -2.17. The first kappa shape index (κ1) is 24.1. The summed E-state index contributed by atoms with van der Waals surface area (Å²) in [7, 11) is 0. The second-order valence-corrected chi connectivity index (χ2v) is 9.11. The van der Waals surface area contributed by atoms with Gasteiger partial charge in [0, 0.05) is 83.4 Å². The van der Waals surface area contributed by atoms with Crippen LogP contribution in [0.4, 0.5) is 0 Å². The molecule has 6 aromatic rings. The van der Waals surface area contributed by atoms with E-state index in [1.54, 1.807) is 24.5 Å². The quantitative estimate of drug-likeness (QED) is 0.182. The van der Waals surface area contributed by atoms with Gasteiger partial charge in [0.2, 0.25) is 0 Å². The first-order valence-corrected chi connectivity index (χ1v) is 12.2. The summed E-state index contributed by atoms with van der Waals surface area (Å²) >= 11 is 0. The number of esters is 3. The molecule has 0 spiro atoms. The van der Waals surface area contributed by atoms with Gasteiger partial charge < -0.3 is 29.2 Å². The Morgan fingerprint density at radius 1 is 0.615 bits per heavy atom. The maximum absolute atomic E-state index is 12.3. The van der Waals surface area contributed by atoms with Crippen LogP contribution in [0.1, 0.15) is 20.8 Å². The van der Waals surface area contributed by atoms with Crippen LogP contribution < -0.4 is 14.2 Å². The zero-order valence-corrected chi connectivity index (χ0v) is 21.3. The number of nitrogens with one attached hydrogen (secondary N) is 3. The highest BCUT2D eigenvalue weighted by Gasteiger charge is 2.24. The molecule has 3 aromatic heterocycles. The minimum atomic E-state index is -0.493. The summed E-state index contributed by atoms with van der Waals surface area (Å²) in [6, 6.07) is 14.7. The average Bonchev–Trinajstić information content (AvgIpc) is 3.64. The summed E-state index contributed by atoms with van der Waals surface area (Å²) < 4.78 is 17.0. The number of rotatable bonds is 5. The average molecular weight is 522 g/mol. The number of fused-ring (bicyclic) bond motifs is 3. The third-order valence-electron chi connectivity index (χ3n) is 6.47. The number of aromatic nitrogens is 3. The topological polar surface area (TPSA) is 126 Å². The van der Waals surface area contributed by atoms with Crippen LogP contribution in [-0.4, -0.2) is 32.9 Å². The minimum Gasteiger partial charge on any atom is -0.426 e. The summed E-state index contributed by atoms with van der Waals surface area (Å²) in [6.07, 6.45) is 5.36. The van der Waals surface area contributed by atoms with Crippen LogP contribution in [0.2, 0.25) is 0 Å². The highest BCUT2D eigenvalue weighted by atomic mass is 16.5. The summed E-state index contributed by atoms with van der Waals surface area (Å²) in [6.45, 7) is 4.03. The molecule has 0 aliphatic heterocycles. The second kappa shape index (κ2) is 9.21. The fourth-order valence-electron chi connectivity index (χ4n) is 5.05. The van der Waals surface area contributed by atoms with E-state index in [1.165, 1.54) is 20.8 Å². The predicted octanol–water partition coefficient (Wildman–Crippen LogP) is 6.24. The molecule has 3 aromatic carbocycles. The third-order valence-corrected chi connectivity index (χ3v) is 6.47. The molecule has 0 amide bonds. The number of aromatic amines is 3. The molecule has 3 heterocycles. The lowest BCUT2D eigenvalue weighted by atomic mass is 9.93. The van der Waals surface area contributed by atoms with Gasteiger partial charge in [-0.3, -0.25) is 14.4 Å². The van der Waals surface area contributed by atoms with Gasteiger partial charge in [0.1, 0.15) is 17.2 Å². The van der Waals surface area contributed by atoms with E-state index in [0.29, 0.717) is 44.7 Å². The number of hydrogen-bond donors (Lipinski definition) is 3. The molecule has 3 N–H and O–H groups in total. The van der Waals surface area contributed by atoms with Gasteiger partial charge in [-0.15, -0.1) is 0 Å². The number of carbonyl (C=O) groups is 3. The van der Waals surface area contributed by atoms with Crippen molar-refractivity contribution in [2.24, 2.45) is 0 Å². The highest BCUT2D eigenvalue weighted by molar-refractivity contribution is 6.11. The van der Waals surface area contributed by atoms with E-state index in [2.05, 4.69) is 15.0 Å². The minimum absolute atomic E-state index is 0.325. The maximum atomic E-state index is 12.3. The number of ether oxygens (including phenoxy) is 3. The van der Waals surface area contributed by atoms with Gasteiger partial charge in [0.25, 0.3) is 0 Å². The molecule has 0 saturated carbocycles. The Morgan fingerprint density at radius 2 is 1.31 bits per heavy atom. The molecule has 194 valence electrons. The third kappa shape index (κ3) is 4.10. The van der Waals surface area contributed by atoms with Gasteiger partial charge in [0.05, 0.1) is 10.9 Å². The van der Waals surface area contributed by atoms with E-state index < -0.39 is 17.9 Å². The maximum Gasteiger partial charge on any atom is 0.308 e. The molecule has 0 bridgehead atoms. The van der Waals surface area contributed by atoms with Crippen LogP contribution >= 0.6 is 0 Å². The zero-order valence-electron chi connectivity index (χ0n) is 21.3. The Morgan fingerprint density at radius 3 is 2.05 bits per heavy atom. The fraction of sp³-hybridized carbons (Fsp3) is 0.100. The number of benzene rings is 3. The molecule has 0 aliphatic rings. The van der Waals surface area contributed by atoms with Crippen LogP contribution in [-0.2, 0) is 14.4 Å². The van der Waals surface area contributed by atoms with Gasteiger partial charge in [-0.25, -0.2) is 0 Å². The SMILES string of the molecule is CC(=O)Oc1c(-c2cc(-c3c[nH]c4cccc(OC(C)=O)c34)c3[nH]ccc3c2OC(C)=O)ccc2[nH]ccc12. The zero-order chi connectivity index (χ0) is 27.3. The molecule has 39 heavy (non-hydrogen) atoms. The summed E-state index contributed by atoms with van der Waals surface area (Å²) in [5.41, 5.74) is 4.92. The Balaban J connectivity index is 1.71. The standard InChI is InChI=1S/C30H23N3O6/c1-15(34)37-26-6-4-5-25-27(26)23(14-33-25)21-13-22(30(39-17(3)36)20-10-12-32-28(20)21)18-7-8-24-19(9-11-31-24)29(18)38-16(2)35/h4-14,31-33H,1-3H3. The molecule has 0 radical (unpaired) electrons. The molecule has 9 heteroatoms. The van der Waals surface area contributed by atoms with Crippen molar-refractivity contribution in [1.82, 2.24) is 15.0 Å². The largest absolute Gasteiger partial charge is 0.426 e. The number of hydrogen-bond acceptors (Lipinski definition) is 6.